The molecule has 0 spiro atoms. The highest BCUT2D eigenvalue weighted by molar-refractivity contribution is 7.80. The van der Waals surface area contributed by atoms with Crippen molar-refractivity contribution in [2.45, 2.75) is 11.9 Å². The number of carbonyl (C=O) groups is 1. The molecule has 2 aromatic rings. The molecule has 1 N–H and O–H groups in total. The molecular formula is C12H8ClF2NO3S. The molecule has 0 saturated carbocycles. The molecule has 0 atom stereocenters. The van der Waals surface area contributed by atoms with Gasteiger partial charge in [-0.25, -0.2) is 18.6 Å². The largest absolute Gasteiger partial charge is 0.506 e. The van der Waals surface area contributed by atoms with Crippen molar-refractivity contribution in [3.8, 4) is 5.75 Å². The number of halogens is 3. The Hall–Kier alpha value is -1.60. The molecule has 106 valence electrons. The number of esters is 1. The molecule has 0 radical (unpaired) electrons. The van der Waals surface area contributed by atoms with Gasteiger partial charge in [0.25, 0.3) is 0 Å². The Kier molecular flexibility index (Phi) is 4.01. The van der Waals surface area contributed by atoms with Crippen LogP contribution in [0.5, 0.6) is 5.75 Å². The van der Waals surface area contributed by atoms with Gasteiger partial charge >= 0.3 is 5.97 Å². The predicted molar refractivity (Wildman–Crippen MR) is 71.5 cm³/mol. The zero-order valence-electron chi connectivity index (χ0n) is 10.1. The Balaban J connectivity index is 2.82. The molecule has 20 heavy (non-hydrogen) atoms. The summed E-state index contributed by atoms with van der Waals surface area (Å²) in [5.41, 5.74) is -0.522. The van der Waals surface area contributed by atoms with E-state index in [1.165, 1.54) is 0 Å². The van der Waals surface area contributed by atoms with Crippen LogP contribution in [0.1, 0.15) is 17.3 Å². The van der Waals surface area contributed by atoms with Gasteiger partial charge in [0.2, 0.25) is 0 Å². The number of aromatic hydroxyl groups is 1. The van der Waals surface area contributed by atoms with Gasteiger partial charge in [0.1, 0.15) is 21.4 Å². The van der Waals surface area contributed by atoms with E-state index in [1.54, 1.807) is 6.92 Å². The summed E-state index contributed by atoms with van der Waals surface area (Å²) in [5, 5.41) is 9.04. The van der Waals surface area contributed by atoms with Gasteiger partial charge in [-0.3, -0.25) is 0 Å². The molecule has 2 rings (SSSR count). The number of hydrogen-bond donors (Lipinski definition) is 2. The van der Waals surface area contributed by atoms with E-state index in [2.05, 4.69) is 17.6 Å². The van der Waals surface area contributed by atoms with Gasteiger partial charge in [0.05, 0.1) is 12.1 Å². The lowest BCUT2D eigenvalue weighted by atomic mass is 10.1. The maximum atomic E-state index is 13.4. The van der Waals surface area contributed by atoms with E-state index in [0.29, 0.717) is 6.07 Å². The van der Waals surface area contributed by atoms with Crippen LogP contribution in [0.15, 0.2) is 11.1 Å². The van der Waals surface area contributed by atoms with Crippen molar-refractivity contribution in [1.29, 1.82) is 0 Å². The second kappa shape index (κ2) is 5.41. The molecule has 0 unspecified atom stereocenters. The van der Waals surface area contributed by atoms with Gasteiger partial charge in [-0.15, -0.1) is 12.6 Å². The first-order valence-corrected chi connectivity index (χ1v) is 6.27. The van der Waals surface area contributed by atoms with Crippen molar-refractivity contribution in [2.75, 3.05) is 6.61 Å². The average molecular weight is 320 g/mol. The SMILES string of the molecule is CCOC(=O)c1c(S)nc2c(Cl)c(F)c(F)cc2c1O. The quantitative estimate of drug-likeness (QED) is 0.506. The summed E-state index contributed by atoms with van der Waals surface area (Å²) in [6.45, 7) is 1.65. The molecule has 1 aromatic heterocycles. The minimum Gasteiger partial charge on any atom is -0.506 e. The lowest BCUT2D eigenvalue weighted by Crippen LogP contribution is -2.08. The monoisotopic (exact) mass is 319 g/mol. The Morgan fingerprint density at radius 2 is 2.20 bits per heavy atom. The topological polar surface area (TPSA) is 59.4 Å². The van der Waals surface area contributed by atoms with Crippen molar-refractivity contribution in [3.63, 3.8) is 0 Å². The normalized spacial score (nSPS) is 10.8. The summed E-state index contributed by atoms with van der Waals surface area (Å²) < 4.78 is 31.4. The maximum Gasteiger partial charge on any atom is 0.344 e. The summed E-state index contributed by atoms with van der Waals surface area (Å²) in [6.07, 6.45) is 0. The summed E-state index contributed by atoms with van der Waals surface area (Å²) in [7, 11) is 0. The molecule has 0 aliphatic heterocycles. The molecule has 0 bridgehead atoms. The smallest absolute Gasteiger partial charge is 0.344 e. The van der Waals surface area contributed by atoms with Crippen LogP contribution >= 0.6 is 24.2 Å². The molecule has 0 fully saturated rings. The minimum atomic E-state index is -1.29. The summed E-state index contributed by atoms with van der Waals surface area (Å²) >= 11 is 9.57. The van der Waals surface area contributed by atoms with Crippen molar-refractivity contribution in [3.05, 3.63) is 28.3 Å². The lowest BCUT2D eigenvalue weighted by molar-refractivity contribution is 0.0518. The fourth-order valence-electron chi connectivity index (χ4n) is 1.67. The zero-order valence-corrected chi connectivity index (χ0v) is 11.7. The molecule has 0 saturated heterocycles. The maximum absolute atomic E-state index is 13.4. The van der Waals surface area contributed by atoms with E-state index >= 15 is 0 Å². The number of benzene rings is 1. The van der Waals surface area contributed by atoms with Crippen LogP contribution in [0.25, 0.3) is 10.9 Å². The van der Waals surface area contributed by atoms with Gasteiger partial charge < -0.3 is 9.84 Å². The first kappa shape index (κ1) is 14.8. The third kappa shape index (κ3) is 2.27. The first-order chi connectivity index (χ1) is 9.38. The highest BCUT2D eigenvalue weighted by atomic mass is 35.5. The molecule has 0 aliphatic rings. The van der Waals surface area contributed by atoms with Crippen LogP contribution in [0, 0.1) is 11.6 Å². The second-order valence-electron chi connectivity index (χ2n) is 3.76. The molecule has 8 heteroatoms. The van der Waals surface area contributed by atoms with Crippen LogP contribution in [0.2, 0.25) is 5.02 Å². The number of carbonyl (C=O) groups excluding carboxylic acids is 1. The van der Waals surface area contributed by atoms with Gasteiger partial charge in [-0.2, -0.15) is 0 Å². The number of nitrogens with zero attached hydrogens (tertiary/aromatic N) is 1. The minimum absolute atomic E-state index is 0.0715. The van der Waals surface area contributed by atoms with Crippen molar-refractivity contribution in [2.24, 2.45) is 0 Å². The Morgan fingerprint density at radius 3 is 2.80 bits per heavy atom. The number of hydrogen-bond acceptors (Lipinski definition) is 5. The number of thiol groups is 1. The molecule has 4 nitrogen and oxygen atoms in total. The van der Waals surface area contributed by atoms with Crippen LogP contribution in [-0.4, -0.2) is 22.7 Å². The Bertz CT molecular complexity index is 724. The number of fused-ring (bicyclic) bond motifs is 1. The highest BCUT2D eigenvalue weighted by Crippen LogP contribution is 2.37. The molecule has 1 heterocycles. The molecular weight excluding hydrogens is 312 g/mol. The van der Waals surface area contributed by atoms with Crippen molar-refractivity contribution in [1.82, 2.24) is 4.98 Å². The van der Waals surface area contributed by atoms with Gasteiger partial charge in [0, 0.05) is 5.39 Å². The van der Waals surface area contributed by atoms with E-state index in [4.69, 9.17) is 16.3 Å². The Labute approximate surface area is 122 Å². The number of ether oxygens (including phenoxy) is 1. The summed E-state index contributed by atoms with van der Waals surface area (Å²) in [5.74, 6) is -4.03. The average Bonchev–Trinajstić information content (AvgIpc) is 2.38. The standard InChI is InChI=1S/C12H8ClF2NO3S/c1-2-19-12(18)6-10(17)4-3-5(14)8(15)7(13)9(4)16-11(6)20/h3H,2H2,1H3,(H2,16,17,20). The van der Waals surface area contributed by atoms with Crippen LogP contribution in [0.4, 0.5) is 8.78 Å². The van der Waals surface area contributed by atoms with E-state index in [-0.39, 0.29) is 28.1 Å². The summed E-state index contributed by atoms with van der Waals surface area (Å²) in [6, 6.07) is 0.703. The van der Waals surface area contributed by atoms with Crippen LogP contribution in [-0.2, 0) is 4.74 Å². The molecule has 0 amide bonds. The number of aromatic nitrogens is 1. The molecule has 1 aromatic carbocycles. The van der Waals surface area contributed by atoms with Crippen LogP contribution < -0.4 is 0 Å². The highest BCUT2D eigenvalue weighted by Gasteiger charge is 2.24. The van der Waals surface area contributed by atoms with Crippen molar-refractivity contribution < 1.29 is 23.4 Å². The second-order valence-corrected chi connectivity index (χ2v) is 4.56. The van der Waals surface area contributed by atoms with Gasteiger partial charge in [-0.05, 0) is 13.0 Å². The lowest BCUT2D eigenvalue weighted by Gasteiger charge is -2.11. The van der Waals surface area contributed by atoms with Gasteiger partial charge in [0.15, 0.2) is 11.6 Å². The third-order valence-corrected chi connectivity index (χ3v) is 3.22. The molecule has 0 aliphatic carbocycles. The van der Waals surface area contributed by atoms with Crippen LogP contribution in [0.3, 0.4) is 0 Å². The fraction of sp³-hybridized carbons (Fsp3) is 0.167. The number of pyridine rings is 1. The van der Waals surface area contributed by atoms with E-state index < -0.39 is 28.4 Å². The van der Waals surface area contributed by atoms with E-state index in [1.807, 2.05) is 0 Å². The Morgan fingerprint density at radius 1 is 1.55 bits per heavy atom. The fourth-order valence-corrected chi connectivity index (χ4v) is 2.20. The zero-order chi connectivity index (χ0) is 15.0. The van der Waals surface area contributed by atoms with Crippen molar-refractivity contribution >= 4 is 41.1 Å². The first-order valence-electron chi connectivity index (χ1n) is 5.44. The predicted octanol–water partition coefficient (Wildman–Crippen LogP) is 3.34. The van der Waals surface area contributed by atoms with E-state index in [0.717, 1.165) is 0 Å². The van der Waals surface area contributed by atoms with E-state index in [9.17, 15) is 18.7 Å². The van der Waals surface area contributed by atoms with Gasteiger partial charge in [-0.1, -0.05) is 11.6 Å². The number of rotatable bonds is 2. The third-order valence-electron chi connectivity index (χ3n) is 2.55. The summed E-state index contributed by atoms with van der Waals surface area (Å²) in [4.78, 5) is 15.5.